The van der Waals surface area contributed by atoms with Gasteiger partial charge < -0.3 is 24.8 Å². The Morgan fingerprint density at radius 2 is 1.10 bits per heavy atom. The molecule has 0 fully saturated rings. The summed E-state index contributed by atoms with van der Waals surface area (Å²) < 4.78 is 0. The molecule has 0 unspecified atom stereocenters. The minimum Gasteiger partial charge on any atom is -1.00 e. The second-order valence-electron chi connectivity index (χ2n) is 4.97. The summed E-state index contributed by atoms with van der Waals surface area (Å²) in [4.78, 5) is 0. The molecule has 2 aromatic rings. The van der Waals surface area contributed by atoms with Crippen LogP contribution in [-0.4, -0.2) is 0 Å². The van der Waals surface area contributed by atoms with Crippen molar-refractivity contribution in [3.8, 4) is 0 Å². The topological polar surface area (TPSA) is 0 Å². The molecule has 0 N–H and O–H groups in total. The maximum Gasteiger partial charge on any atom is 4.00 e. The minimum absolute atomic E-state index is 0. The number of hydrogen-bond donors (Lipinski definition) is 0. The molecule has 0 nitrogen and oxygen atoms in total. The largest absolute Gasteiger partial charge is 4.00 e. The van der Waals surface area contributed by atoms with Crippen LogP contribution in [0.15, 0.2) is 36.4 Å². The molecule has 0 aliphatic heterocycles. The van der Waals surface area contributed by atoms with Gasteiger partial charge in [0.15, 0.2) is 0 Å². The van der Waals surface area contributed by atoms with Gasteiger partial charge in [-0.25, -0.2) is 24.3 Å². The molecule has 0 atom stereocenters. The maximum atomic E-state index is 2.21. The minimum atomic E-state index is 0. The van der Waals surface area contributed by atoms with Crippen LogP contribution in [0.3, 0.4) is 0 Å². The smallest absolute Gasteiger partial charge is 1.00 e. The zero-order valence-electron chi connectivity index (χ0n) is 13.5. The number of aryl methyl sites for hydroxylation is 4. The Morgan fingerprint density at radius 1 is 0.762 bits per heavy atom. The standard InChI is InChI=1S/2C9H13.2ClH.Zr/c2*1-3-5-9-7-4-6-8(9)2;;;/h2*4,6-7H,3,5H2,1-2H3;2*1H;/q2*-1;;;+4/p-2. The second kappa shape index (κ2) is 15.1. The molecule has 0 saturated heterocycles. The molecule has 0 aromatic heterocycles. The molecule has 3 heteroatoms. The monoisotopic (exact) mass is 402 g/mol. The van der Waals surface area contributed by atoms with Gasteiger partial charge in [0, 0.05) is 0 Å². The average Bonchev–Trinajstić information content (AvgIpc) is 2.92. The summed E-state index contributed by atoms with van der Waals surface area (Å²) in [6.45, 7) is 8.77. The first kappa shape index (κ1) is 26.1. The van der Waals surface area contributed by atoms with Crippen LogP contribution in [-0.2, 0) is 39.0 Å². The zero-order valence-corrected chi connectivity index (χ0v) is 17.5. The van der Waals surface area contributed by atoms with Gasteiger partial charge >= 0.3 is 26.2 Å². The summed E-state index contributed by atoms with van der Waals surface area (Å²) in [6, 6.07) is 13.0. The Labute approximate surface area is 162 Å². The van der Waals surface area contributed by atoms with Crippen LogP contribution in [0.5, 0.6) is 0 Å². The normalized spacial score (nSPS) is 8.57. The first-order valence-corrected chi connectivity index (χ1v) is 7.11. The maximum absolute atomic E-state index is 2.21. The van der Waals surface area contributed by atoms with Crippen molar-refractivity contribution in [2.75, 3.05) is 0 Å². The van der Waals surface area contributed by atoms with E-state index in [0.717, 1.165) is 0 Å². The van der Waals surface area contributed by atoms with Crippen molar-refractivity contribution in [1.29, 1.82) is 0 Å². The molecule has 2 rings (SSSR count). The van der Waals surface area contributed by atoms with Crippen molar-refractivity contribution in [3.63, 3.8) is 0 Å². The fourth-order valence-electron chi connectivity index (χ4n) is 2.19. The van der Waals surface area contributed by atoms with E-state index in [4.69, 9.17) is 0 Å². The van der Waals surface area contributed by atoms with E-state index in [-0.39, 0.29) is 51.0 Å². The van der Waals surface area contributed by atoms with Crippen LogP contribution in [0, 0.1) is 13.8 Å². The van der Waals surface area contributed by atoms with Gasteiger partial charge in [-0.15, -0.1) is 0 Å². The van der Waals surface area contributed by atoms with E-state index in [2.05, 4.69) is 64.1 Å². The van der Waals surface area contributed by atoms with Crippen molar-refractivity contribution in [2.45, 2.75) is 53.4 Å². The van der Waals surface area contributed by atoms with E-state index >= 15 is 0 Å². The number of halogens is 2. The Hall–Kier alpha value is 0.163. The number of rotatable bonds is 4. The zero-order chi connectivity index (χ0) is 13.4. The van der Waals surface area contributed by atoms with E-state index in [1.54, 1.807) is 0 Å². The van der Waals surface area contributed by atoms with Gasteiger partial charge in [0.1, 0.15) is 0 Å². The molecule has 0 aliphatic rings. The van der Waals surface area contributed by atoms with Gasteiger partial charge in [-0.05, 0) is 0 Å². The first-order valence-electron chi connectivity index (χ1n) is 7.11. The van der Waals surface area contributed by atoms with Crippen molar-refractivity contribution >= 4 is 0 Å². The van der Waals surface area contributed by atoms with E-state index in [0.29, 0.717) is 0 Å². The summed E-state index contributed by atoms with van der Waals surface area (Å²) in [7, 11) is 0. The SMILES string of the molecule is CCC[c-]1cccc1C.CCC[c-]1cccc1C.[Cl-].[Cl-].[Zr+4]. The summed E-state index contributed by atoms with van der Waals surface area (Å²) in [5.41, 5.74) is 5.91. The number of hydrogen-bond acceptors (Lipinski definition) is 0. The van der Waals surface area contributed by atoms with Crippen LogP contribution < -0.4 is 24.8 Å². The fraction of sp³-hybridized carbons (Fsp3) is 0.444. The van der Waals surface area contributed by atoms with Crippen LogP contribution in [0.25, 0.3) is 0 Å². The van der Waals surface area contributed by atoms with E-state index < -0.39 is 0 Å². The molecule has 0 amide bonds. The second-order valence-corrected chi connectivity index (χ2v) is 4.97. The third-order valence-electron chi connectivity index (χ3n) is 3.34. The third kappa shape index (κ3) is 9.72. The predicted molar refractivity (Wildman–Crippen MR) is 81.5 cm³/mol. The van der Waals surface area contributed by atoms with Crippen molar-refractivity contribution in [1.82, 2.24) is 0 Å². The van der Waals surface area contributed by atoms with Crippen LogP contribution in [0.2, 0.25) is 0 Å². The van der Waals surface area contributed by atoms with E-state index in [1.807, 2.05) is 0 Å². The van der Waals surface area contributed by atoms with Gasteiger partial charge in [-0.3, -0.25) is 0 Å². The molecule has 2 aromatic carbocycles. The van der Waals surface area contributed by atoms with Gasteiger partial charge in [-0.2, -0.15) is 34.4 Å². The molecule has 116 valence electrons. The van der Waals surface area contributed by atoms with Crippen LogP contribution in [0.1, 0.15) is 48.9 Å². The average molecular weight is 405 g/mol. The van der Waals surface area contributed by atoms with E-state index in [9.17, 15) is 0 Å². The fourth-order valence-corrected chi connectivity index (χ4v) is 2.19. The first-order chi connectivity index (χ1) is 8.69. The Balaban J connectivity index is -0.000000270. The predicted octanol–water partition coefficient (Wildman–Crippen LogP) is -0.662. The van der Waals surface area contributed by atoms with E-state index in [1.165, 1.54) is 47.9 Å². The molecule has 0 bridgehead atoms. The van der Waals surface area contributed by atoms with Gasteiger partial charge in [0.05, 0.1) is 0 Å². The summed E-state index contributed by atoms with van der Waals surface area (Å²) in [6.07, 6.45) is 4.98. The van der Waals surface area contributed by atoms with Gasteiger partial charge in [0.2, 0.25) is 0 Å². The quantitative estimate of drug-likeness (QED) is 0.594. The van der Waals surface area contributed by atoms with Crippen LogP contribution in [0.4, 0.5) is 0 Å². The molecule has 0 heterocycles. The summed E-state index contributed by atoms with van der Waals surface area (Å²) in [5, 5.41) is 0. The third-order valence-corrected chi connectivity index (χ3v) is 3.34. The molecule has 0 aliphatic carbocycles. The van der Waals surface area contributed by atoms with Crippen molar-refractivity contribution in [3.05, 3.63) is 58.7 Å². The van der Waals surface area contributed by atoms with Gasteiger partial charge in [0.25, 0.3) is 0 Å². The summed E-state index contributed by atoms with van der Waals surface area (Å²) in [5.74, 6) is 0. The Morgan fingerprint density at radius 3 is 1.29 bits per heavy atom. The Kier molecular flexibility index (Phi) is 18.7. The molecule has 0 radical (unpaired) electrons. The molecular weight excluding hydrogens is 378 g/mol. The molecule has 0 spiro atoms. The van der Waals surface area contributed by atoms with Gasteiger partial charge in [-0.1, -0.05) is 53.4 Å². The van der Waals surface area contributed by atoms with Crippen molar-refractivity contribution in [2.24, 2.45) is 0 Å². The molecule has 21 heavy (non-hydrogen) atoms. The molecule has 0 saturated carbocycles. The molecular formula is C18H26Cl2Zr. The Bertz CT molecular complexity index is 401. The van der Waals surface area contributed by atoms with Crippen molar-refractivity contribution < 1.29 is 51.0 Å². The van der Waals surface area contributed by atoms with Crippen LogP contribution >= 0.6 is 0 Å². The summed E-state index contributed by atoms with van der Waals surface area (Å²) >= 11 is 0.